The van der Waals surface area contributed by atoms with E-state index in [2.05, 4.69) is 266 Å². The minimum Gasteiger partial charge on any atom is -0.310 e. The van der Waals surface area contributed by atoms with Crippen LogP contribution in [0.5, 0.6) is 0 Å². The summed E-state index contributed by atoms with van der Waals surface area (Å²) in [6, 6.07) is 94.8. The Morgan fingerprint density at radius 2 is 0.571 bits per heavy atom. The Bertz CT molecular complexity index is 3280. The molecule has 0 N–H and O–H groups in total. The molecular formula is C62H43N. The van der Waals surface area contributed by atoms with Gasteiger partial charge in [-0.1, -0.05) is 212 Å². The first-order valence-corrected chi connectivity index (χ1v) is 21.7. The Hall–Kier alpha value is -8.26. The highest BCUT2D eigenvalue weighted by Gasteiger charge is 2.21. The number of fused-ring (bicyclic) bond motifs is 2. The summed E-state index contributed by atoms with van der Waals surface area (Å²) in [5, 5.41) is 4.90. The van der Waals surface area contributed by atoms with E-state index in [1.165, 1.54) is 77.2 Å². The molecule has 0 saturated heterocycles. The molecule has 0 amide bonds. The van der Waals surface area contributed by atoms with E-state index in [9.17, 15) is 0 Å². The molecular weight excluding hydrogens is 759 g/mol. The predicted octanol–water partition coefficient (Wildman–Crippen LogP) is 17.5. The van der Waals surface area contributed by atoms with Crippen LogP contribution in [0.4, 0.5) is 17.1 Å². The molecule has 0 spiro atoms. The lowest BCUT2D eigenvalue weighted by Crippen LogP contribution is -2.11. The summed E-state index contributed by atoms with van der Waals surface area (Å²) >= 11 is 0. The Labute approximate surface area is 369 Å². The van der Waals surface area contributed by atoms with Crippen molar-refractivity contribution in [3.8, 4) is 66.8 Å². The molecule has 0 aromatic heterocycles. The van der Waals surface area contributed by atoms with Crippen molar-refractivity contribution < 1.29 is 0 Å². The van der Waals surface area contributed by atoms with Gasteiger partial charge in [-0.3, -0.25) is 0 Å². The van der Waals surface area contributed by atoms with Gasteiger partial charge in [0.2, 0.25) is 0 Å². The molecule has 0 bridgehead atoms. The second-order valence-electron chi connectivity index (χ2n) is 16.1. The van der Waals surface area contributed by atoms with Crippen molar-refractivity contribution in [3.05, 3.63) is 261 Å². The van der Waals surface area contributed by atoms with Crippen LogP contribution in [0.25, 0.3) is 88.3 Å². The minimum atomic E-state index is 1.07. The Kier molecular flexibility index (Phi) is 9.97. The van der Waals surface area contributed by atoms with E-state index >= 15 is 0 Å². The maximum Gasteiger partial charge on any atom is 0.0546 e. The van der Waals surface area contributed by atoms with Crippen molar-refractivity contribution >= 4 is 38.6 Å². The quantitative estimate of drug-likeness (QED) is 0.141. The minimum absolute atomic E-state index is 1.07. The van der Waals surface area contributed by atoms with E-state index in [0.717, 1.165) is 28.2 Å². The topological polar surface area (TPSA) is 3.24 Å². The molecule has 63 heavy (non-hydrogen) atoms. The maximum atomic E-state index is 2.44. The number of hydrogen-bond donors (Lipinski definition) is 0. The standard InChI is InChI=1S/C62H43N/c1-4-16-44(17-5-1)47-30-35-55(36-31-47)63(56-37-32-48(33-38-56)54-41-52(45-18-6-2-7-19-45)40-53(42-54)46-20-8-3-9-21-46)62-43-51(59-28-14-24-49-22-10-12-26-57(49)59)34-39-61(62)60-29-15-25-50-23-11-13-27-58(50)60/h1-43H. The SMILES string of the molecule is c1ccc(-c2ccc(N(c3ccc(-c4cc(-c5ccccc5)cc(-c5ccccc5)c4)cc3)c3cc(-c4cccc5ccccc45)ccc3-c3cccc4ccccc34)cc2)cc1. The highest BCUT2D eigenvalue weighted by Crippen LogP contribution is 2.46. The fourth-order valence-corrected chi connectivity index (χ4v) is 9.10. The molecule has 11 aromatic carbocycles. The van der Waals surface area contributed by atoms with Crippen molar-refractivity contribution in [3.63, 3.8) is 0 Å². The van der Waals surface area contributed by atoms with Crippen molar-refractivity contribution in [2.45, 2.75) is 0 Å². The highest BCUT2D eigenvalue weighted by molar-refractivity contribution is 6.04. The van der Waals surface area contributed by atoms with Gasteiger partial charge >= 0.3 is 0 Å². The van der Waals surface area contributed by atoms with E-state index in [0.29, 0.717) is 0 Å². The number of rotatable bonds is 9. The number of hydrogen-bond acceptors (Lipinski definition) is 1. The second-order valence-corrected chi connectivity index (χ2v) is 16.1. The van der Waals surface area contributed by atoms with E-state index in [4.69, 9.17) is 0 Å². The summed E-state index contributed by atoms with van der Waals surface area (Å²) < 4.78 is 0. The normalized spacial score (nSPS) is 11.2. The van der Waals surface area contributed by atoms with Gasteiger partial charge in [-0.05, 0) is 131 Å². The molecule has 296 valence electrons. The van der Waals surface area contributed by atoms with Gasteiger partial charge in [0.1, 0.15) is 0 Å². The van der Waals surface area contributed by atoms with Gasteiger partial charge in [0.15, 0.2) is 0 Å². The molecule has 0 aliphatic carbocycles. The van der Waals surface area contributed by atoms with Crippen LogP contribution < -0.4 is 4.90 Å². The predicted molar refractivity (Wildman–Crippen MR) is 269 cm³/mol. The first kappa shape index (κ1) is 37.7. The molecule has 0 saturated carbocycles. The van der Waals surface area contributed by atoms with Gasteiger partial charge in [0.25, 0.3) is 0 Å². The smallest absolute Gasteiger partial charge is 0.0546 e. The molecule has 0 fully saturated rings. The zero-order chi connectivity index (χ0) is 42.0. The third kappa shape index (κ3) is 7.47. The van der Waals surface area contributed by atoms with E-state index < -0.39 is 0 Å². The zero-order valence-electron chi connectivity index (χ0n) is 34.8. The maximum absolute atomic E-state index is 2.44. The molecule has 0 heterocycles. The van der Waals surface area contributed by atoms with Gasteiger partial charge in [0.05, 0.1) is 5.69 Å². The fourth-order valence-electron chi connectivity index (χ4n) is 9.10. The van der Waals surface area contributed by atoms with E-state index in [-0.39, 0.29) is 0 Å². The number of nitrogens with zero attached hydrogens (tertiary/aromatic N) is 1. The summed E-state index contributed by atoms with van der Waals surface area (Å²) in [5.41, 5.74) is 17.5. The Morgan fingerprint density at radius 1 is 0.206 bits per heavy atom. The number of benzene rings is 11. The van der Waals surface area contributed by atoms with Crippen molar-refractivity contribution in [1.29, 1.82) is 0 Å². The molecule has 0 unspecified atom stereocenters. The van der Waals surface area contributed by atoms with Crippen LogP contribution in [0, 0.1) is 0 Å². The molecule has 0 aliphatic heterocycles. The molecule has 11 rings (SSSR count). The van der Waals surface area contributed by atoms with E-state index in [1.807, 2.05) is 0 Å². The summed E-state index contributed by atoms with van der Waals surface area (Å²) in [5.74, 6) is 0. The first-order valence-electron chi connectivity index (χ1n) is 21.7. The van der Waals surface area contributed by atoms with Crippen LogP contribution >= 0.6 is 0 Å². The average Bonchev–Trinajstić information content (AvgIpc) is 3.37. The largest absolute Gasteiger partial charge is 0.310 e. The lowest BCUT2D eigenvalue weighted by Gasteiger charge is -2.29. The van der Waals surface area contributed by atoms with Crippen LogP contribution in [-0.4, -0.2) is 0 Å². The third-order valence-electron chi connectivity index (χ3n) is 12.3. The lowest BCUT2D eigenvalue weighted by atomic mass is 9.91. The summed E-state index contributed by atoms with van der Waals surface area (Å²) in [6.45, 7) is 0. The monoisotopic (exact) mass is 801 g/mol. The van der Waals surface area contributed by atoms with Gasteiger partial charge in [0, 0.05) is 16.9 Å². The van der Waals surface area contributed by atoms with Crippen molar-refractivity contribution in [2.24, 2.45) is 0 Å². The molecule has 0 radical (unpaired) electrons. The highest BCUT2D eigenvalue weighted by atomic mass is 15.1. The Morgan fingerprint density at radius 3 is 1.08 bits per heavy atom. The Balaban J connectivity index is 1.11. The fraction of sp³-hybridized carbons (Fsp3) is 0. The molecule has 11 aromatic rings. The van der Waals surface area contributed by atoms with E-state index in [1.54, 1.807) is 0 Å². The average molecular weight is 802 g/mol. The molecule has 0 aliphatic rings. The van der Waals surface area contributed by atoms with Gasteiger partial charge in [-0.15, -0.1) is 0 Å². The summed E-state index contributed by atoms with van der Waals surface area (Å²) in [7, 11) is 0. The molecule has 1 nitrogen and oxygen atoms in total. The van der Waals surface area contributed by atoms with Crippen LogP contribution in [-0.2, 0) is 0 Å². The van der Waals surface area contributed by atoms with Crippen LogP contribution in [0.15, 0.2) is 261 Å². The van der Waals surface area contributed by atoms with Gasteiger partial charge < -0.3 is 4.90 Å². The first-order chi connectivity index (χ1) is 31.2. The lowest BCUT2D eigenvalue weighted by molar-refractivity contribution is 1.28. The van der Waals surface area contributed by atoms with Crippen molar-refractivity contribution in [1.82, 2.24) is 0 Å². The summed E-state index contributed by atoms with van der Waals surface area (Å²) in [4.78, 5) is 2.44. The van der Waals surface area contributed by atoms with Gasteiger partial charge in [-0.2, -0.15) is 0 Å². The van der Waals surface area contributed by atoms with Crippen LogP contribution in [0.1, 0.15) is 0 Å². The zero-order valence-corrected chi connectivity index (χ0v) is 34.8. The van der Waals surface area contributed by atoms with Gasteiger partial charge in [-0.25, -0.2) is 0 Å². The van der Waals surface area contributed by atoms with Crippen LogP contribution in [0.2, 0.25) is 0 Å². The van der Waals surface area contributed by atoms with Crippen molar-refractivity contribution in [2.75, 3.05) is 4.90 Å². The summed E-state index contributed by atoms with van der Waals surface area (Å²) in [6.07, 6.45) is 0. The van der Waals surface area contributed by atoms with Crippen LogP contribution in [0.3, 0.4) is 0 Å². The molecule has 0 atom stereocenters. The molecule has 1 heteroatoms. The second kappa shape index (κ2) is 16.7. The number of anilines is 3. The third-order valence-corrected chi connectivity index (χ3v) is 12.3.